The molecule has 2 rings (SSSR count). The van der Waals surface area contributed by atoms with Crippen LogP contribution in [0.25, 0.3) is 0 Å². The first-order valence-corrected chi connectivity index (χ1v) is 8.70. The predicted molar refractivity (Wildman–Crippen MR) is 87.6 cm³/mol. The Morgan fingerprint density at radius 2 is 1.57 bits per heavy atom. The number of benzene rings is 2. The first kappa shape index (κ1) is 15.9. The van der Waals surface area contributed by atoms with E-state index < -0.39 is 10.0 Å². The second-order valence-electron chi connectivity index (χ2n) is 4.96. The lowest BCUT2D eigenvalue weighted by Gasteiger charge is -2.13. The topological polar surface area (TPSA) is 46.2 Å². The fourth-order valence-electron chi connectivity index (χ4n) is 2.11. The van der Waals surface area contributed by atoms with Gasteiger partial charge in [-0.15, -0.1) is 11.6 Å². The summed E-state index contributed by atoms with van der Waals surface area (Å²) in [5.74, 6) is 0.521. The Bertz CT molecular complexity index is 704. The van der Waals surface area contributed by atoms with Crippen molar-refractivity contribution in [3.05, 3.63) is 59.2 Å². The zero-order chi connectivity index (χ0) is 15.5. The third-order valence-corrected chi connectivity index (χ3v) is 4.89. The van der Waals surface area contributed by atoms with Crippen molar-refractivity contribution in [2.24, 2.45) is 0 Å². The van der Waals surface area contributed by atoms with Gasteiger partial charge in [-0.1, -0.05) is 30.3 Å². The number of aryl methyl sites for hydroxylation is 3. The smallest absolute Gasteiger partial charge is 0.261 e. The second-order valence-corrected chi connectivity index (χ2v) is 7.02. The molecule has 0 spiro atoms. The van der Waals surface area contributed by atoms with Crippen LogP contribution >= 0.6 is 11.6 Å². The van der Waals surface area contributed by atoms with Gasteiger partial charge in [0.25, 0.3) is 10.0 Å². The van der Waals surface area contributed by atoms with Gasteiger partial charge in [0.15, 0.2) is 0 Å². The van der Waals surface area contributed by atoms with Crippen molar-refractivity contribution >= 4 is 27.3 Å². The van der Waals surface area contributed by atoms with E-state index in [1.807, 2.05) is 32.0 Å². The minimum absolute atomic E-state index is 0.253. The largest absolute Gasteiger partial charge is 0.279 e. The van der Waals surface area contributed by atoms with Crippen molar-refractivity contribution in [1.82, 2.24) is 0 Å². The number of alkyl halides is 1. The van der Waals surface area contributed by atoms with Gasteiger partial charge < -0.3 is 0 Å². The van der Waals surface area contributed by atoms with Gasteiger partial charge in [0.05, 0.1) is 10.6 Å². The highest BCUT2D eigenvalue weighted by Crippen LogP contribution is 2.23. The fraction of sp³-hybridized carbons (Fsp3) is 0.250. The van der Waals surface area contributed by atoms with Gasteiger partial charge in [0.1, 0.15) is 0 Å². The van der Waals surface area contributed by atoms with E-state index in [0.29, 0.717) is 11.6 Å². The molecule has 21 heavy (non-hydrogen) atoms. The lowest BCUT2D eigenvalue weighted by atomic mass is 10.1. The Balaban J connectivity index is 2.30. The molecule has 0 atom stereocenters. The van der Waals surface area contributed by atoms with Crippen molar-refractivity contribution < 1.29 is 8.42 Å². The number of halogens is 1. The van der Waals surface area contributed by atoms with Crippen molar-refractivity contribution in [3.8, 4) is 0 Å². The van der Waals surface area contributed by atoms with Crippen LogP contribution in [0.2, 0.25) is 0 Å². The molecule has 1 N–H and O–H groups in total. The summed E-state index contributed by atoms with van der Waals surface area (Å²) in [6, 6.07) is 12.5. The van der Waals surface area contributed by atoms with Gasteiger partial charge in [0.2, 0.25) is 0 Å². The summed E-state index contributed by atoms with van der Waals surface area (Å²) in [5.41, 5.74) is 3.47. The summed E-state index contributed by atoms with van der Waals surface area (Å²) >= 11 is 5.68. The summed E-state index contributed by atoms with van der Waals surface area (Å²) < 4.78 is 27.5. The van der Waals surface area contributed by atoms with Crippen molar-refractivity contribution in [2.45, 2.75) is 25.2 Å². The van der Waals surface area contributed by atoms with E-state index >= 15 is 0 Å². The molecule has 0 fully saturated rings. The van der Waals surface area contributed by atoms with E-state index in [4.69, 9.17) is 11.6 Å². The van der Waals surface area contributed by atoms with Crippen LogP contribution in [0.1, 0.15) is 16.7 Å². The molecule has 0 heterocycles. The summed E-state index contributed by atoms with van der Waals surface area (Å²) in [6.07, 6.45) is 0.728. The molecule has 2 aromatic carbocycles. The summed E-state index contributed by atoms with van der Waals surface area (Å²) in [6.45, 7) is 3.77. The summed E-state index contributed by atoms with van der Waals surface area (Å²) in [5, 5.41) is 0. The molecule has 3 nitrogen and oxygen atoms in total. The highest BCUT2D eigenvalue weighted by Gasteiger charge is 2.16. The average Bonchev–Trinajstić information content (AvgIpc) is 2.44. The minimum Gasteiger partial charge on any atom is -0.279 e. The molecular weight excluding hydrogens is 306 g/mol. The van der Waals surface area contributed by atoms with Gasteiger partial charge >= 0.3 is 0 Å². The maximum Gasteiger partial charge on any atom is 0.261 e. The molecule has 0 unspecified atom stereocenters. The van der Waals surface area contributed by atoms with Gasteiger partial charge in [-0.25, -0.2) is 8.42 Å². The number of nitrogens with one attached hydrogen (secondary N) is 1. The molecule has 0 bridgehead atoms. The highest BCUT2D eigenvalue weighted by molar-refractivity contribution is 7.92. The molecule has 0 aliphatic heterocycles. The second kappa shape index (κ2) is 6.50. The third kappa shape index (κ3) is 3.77. The lowest BCUT2D eigenvalue weighted by Crippen LogP contribution is -2.14. The minimum atomic E-state index is -3.57. The zero-order valence-electron chi connectivity index (χ0n) is 12.1. The van der Waals surface area contributed by atoms with E-state index in [-0.39, 0.29) is 4.90 Å². The number of rotatable bonds is 5. The Labute approximate surface area is 131 Å². The molecule has 0 aliphatic rings. The molecule has 0 aliphatic carbocycles. The number of hydrogen-bond acceptors (Lipinski definition) is 2. The first-order chi connectivity index (χ1) is 9.94. The van der Waals surface area contributed by atoms with Crippen LogP contribution in [0.15, 0.2) is 47.4 Å². The van der Waals surface area contributed by atoms with Crippen LogP contribution in [-0.4, -0.2) is 14.3 Å². The number of sulfonamides is 1. The van der Waals surface area contributed by atoms with Gasteiger partial charge in [-0.3, -0.25) is 4.72 Å². The summed E-state index contributed by atoms with van der Waals surface area (Å²) in [7, 11) is -3.57. The molecule has 0 amide bonds. The maximum absolute atomic E-state index is 12.4. The van der Waals surface area contributed by atoms with Crippen LogP contribution in [-0.2, 0) is 16.4 Å². The van der Waals surface area contributed by atoms with Gasteiger partial charge in [-0.05, 0) is 49.1 Å². The van der Waals surface area contributed by atoms with Crippen LogP contribution < -0.4 is 4.72 Å². The van der Waals surface area contributed by atoms with Crippen LogP contribution in [0.4, 0.5) is 5.69 Å². The van der Waals surface area contributed by atoms with E-state index in [2.05, 4.69) is 4.72 Å². The molecule has 0 aromatic heterocycles. The summed E-state index contributed by atoms with van der Waals surface area (Å²) in [4.78, 5) is 0.253. The number of anilines is 1. The van der Waals surface area contributed by atoms with E-state index in [9.17, 15) is 8.42 Å². The third-order valence-electron chi connectivity index (χ3n) is 3.33. The molecule has 0 saturated heterocycles. The number of para-hydroxylation sites is 1. The molecule has 0 radical (unpaired) electrons. The van der Waals surface area contributed by atoms with Crippen LogP contribution in [0.5, 0.6) is 0 Å². The Kier molecular flexibility index (Phi) is 4.91. The molecule has 0 saturated carbocycles. The predicted octanol–water partition coefficient (Wildman–Crippen LogP) is 3.89. The number of hydrogen-bond donors (Lipinski definition) is 1. The van der Waals surface area contributed by atoms with Crippen molar-refractivity contribution in [2.75, 3.05) is 10.6 Å². The van der Waals surface area contributed by atoms with E-state index in [1.54, 1.807) is 24.3 Å². The van der Waals surface area contributed by atoms with Gasteiger partial charge in [0, 0.05) is 5.88 Å². The fourth-order valence-corrected chi connectivity index (χ4v) is 3.53. The maximum atomic E-state index is 12.4. The Morgan fingerprint density at radius 1 is 1.00 bits per heavy atom. The molecule has 2 aromatic rings. The lowest BCUT2D eigenvalue weighted by molar-refractivity contribution is 0.601. The standard InChI is InChI=1S/C16H18ClNO2S/c1-12-4-3-5-13(2)16(12)18-21(19,20)15-8-6-14(7-9-15)10-11-17/h3-9,18H,10-11H2,1-2H3. The molecule has 5 heteroatoms. The van der Waals surface area contributed by atoms with Crippen molar-refractivity contribution in [1.29, 1.82) is 0 Å². The molecular formula is C16H18ClNO2S. The van der Waals surface area contributed by atoms with E-state index in [1.165, 1.54) is 0 Å². The van der Waals surface area contributed by atoms with Gasteiger partial charge in [-0.2, -0.15) is 0 Å². The Hall–Kier alpha value is -1.52. The highest BCUT2D eigenvalue weighted by atomic mass is 35.5. The monoisotopic (exact) mass is 323 g/mol. The van der Waals surface area contributed by atoms with E-state index in [0.717, 1.165) is 23.1 Å². The van der Waals surface area contributed by atoms with Crippen LogP contribution in [0, 0.1) is 13.8 Å². The zero-order valence-corrected chi connectivity index (χ0v) is 13.6. The quantitative estimate of drug-likeness (QED) is 0.849. The molecule has 112 valence electrons. The normalized spacial score (nSPS) is 11.4. The average molecular weight is 324 g/mol. The van der Waals surface area contributed by atoms with Crippen LogP contribution in [0.3, 0.4) is 0 Å². The van der Waals surface area contributed by atoms with Crippen molar-refractivity contribution in [3.63, 3.8) is 0 Å². The SMILES string of the molecule is Cc1cccc(C)c1NS(=O)(=O)c1ccc(CCCl)cc1. The Morgan fingerprint density at radius 3 is 2.10 bits per heavy atom. The first-order valence-electron chi connectivity index (χ1n) is 6.68.